The Morgan fingerprint density at radius 3 is 2.54 bits per heavy atom. The summed E-state index contributed by atoms with van der Waals surface area (Å²) in [5.41, 5.74) is 4.60. The van der Waals surface area contributed by atoms with Crippen molar-refractivity contribution in [2.24, 2.45) is 0 Å². The Morgan fingerprint density at radius 2 is 1.77 bits per heavy atom. The topological polar surface area (TPSA) is 61.1 Å². The minimum absolute atomic E-state index is 0.378. The second-order valence-electron chi connectivity index (χ2n) is 8.79. The van der Waals surface area contributed by atoms with Crippen LogP contribution in [-0.4, -0.2) is 32.4 Å². The maximum absolute atomic E-state index is 13.2. The average molecular weight is 472 g/mol. The number of rotatable bonds is 7. The molecule has 0 bridgehead atoms. The van der Waals surface area contributed by atoms with Gasteiger partial charge in [-0.3, -0.25) is 4.90 Å². The van der Waals surface area contributed by atoms with E-state index in [0.29, 0.717) is 35.9 Å². The number of benzene rings is 3. The van der Waals surface area contributed by atoms with E-state index in [1.165, 1.54) is 5.56 Å². The summed E-state index contributed by atoms with van der Waals surface area (Å²) in [5.74, 6) is 1.95. The fourth-order valence-corrected chi connectivity index (χ4v) is 4.79. The molecule has 0 saturated heterocycles. The van der Waals surface area contributed by atoms with Gasteiger partial charge in [0.05, 0.1) is 25.3 Å². The third-order valence-corrected chi connectivity index (χ3v) is 6.63. The minimum Gasteiger partial charge on any atom is -0.493 e. The van der Waals surface area contributed by atoms with E-state index in [9.17, 15) is 4.79 Å². The molecule has 180 valence electrons. The third-order valence-electron chi connectivity index (χ3n) is 6.63. The summed E-state index contributed by atoms with van der Waals surface area (Å²) in [5, 5.41) is 0.905. The number of ether oxygens (including phenoxy) is 3. The summed E-state index contributed by atoms with van der Waals surface area (Å²) in [6, 6.07) is 19.9. The van der Waals surface area contributed by atoms with Crippen LogP contribution in [0.3, 0.4) is 0 Å². The van der Waals surface area contributed by atoms with E-state index >= 15 is 0 Å². The number of nitrogens with zero attached hydrogens (tertiary/aromatic N) is 1. The number of methoxy groups -OCH3 is 2. The highest BCUT2D eigenvalue weighted by atomic mass is 16.5. The molecular formula is C29H29NO5. The van der Waals surface area contributed by atoms with Crippen molar-refractivity contribution in [1.82, 2.24) is 4.90 Å². The molecule has 2 heterocycles. The molecule has 1 aliphatic rings. The van der Waals surface area contributed by atoms with Crippen molar-refractivity contribution >= 4 is 11.0 Å². The maximum Gasteiger partial charge on any atom is 0.344 e. The summed E-state index contributed by atoms with van der Waals surface area (Å²) < 4.78 is 22.7. The molecule has 0 fully saturated rings. The normalized spacial score (nSPS) is 13.3. The third kappa shape index (κ3) is 4.49. The molecule has 4 aromatic rings. The molecular weight excluding hydrogens is 442 g/mol. The van der Waals surface area contributed by atoms with Gasteiger partial charge in [0.2, 0.25) is 0 Å². The number of fused-ring (bicyclic) bond motifs is 3. The second kappa shape index (κ2) is 9.84. The first kappa shape index (κ1) is 23.0. The largest absolute Gasteiger partial charge is 0.493 e. The van der Waals surface area contributed by atoms with E-state index in [0.717, 1.165) is 47.2 Å². The van der Waals surface area contributed by atoms with Gasteiger partial charge in [-0.15, -0.1) is 0 Å². The van der Waals surface area contributed by atoms with E-state index in [1.54, 1.807) is 26.4 Å². The van der Waals surface area contributed by atoms with Gasteiger partial charge < -0.3 is 18.6 Å². The number of aryl methyl sites for hydroxylation is 2. The molecule has 0 spiro atoms. The van der Waals surface area contributed by atoms with Crippen LogP contribution in [0.1, 0.15) is 23.1 Å². The molecule has 0 aliphatic carbocycles. The Labute approximate surface area is 204 Å². The Kier molecular flexibility index (Phi) is 6.47. The Bertz CT molecular complexity index is 1410. The monoisotopic (exact) mass is 471 g/mol. The molecule has 6 heteroatoms. The molecule has 6 nitrogen and oxygen atoms in total. The number of hydrogen-bond acceptors (Lipinski definition) is 6. The van der Waals surface area contributed by atoms with E-state index in [4.69, 9.17) is 18.6 Å². The fraction of sp³-hybridized carbons (Fsp3) is 0.276. The smallest absolute Gasteiger partial charge is 0.344 e. The molecule has 5 rings (SSSR count). The first-order valence-corrected chi connectivity index (χ1v) is 11.8. The molecule has 0 unspecified atom stereocenters. The lowest BCUT2D eigenvalue weighted by atomic mass is 9.97. The number of hydrogen-bond donors (Lipinski definition) is 0. The van der Waals surface area contributed by atoms with Crippen molar-refractivity contribution < 1.29 is 18.6 Å². The van der Waals surface area contributed by atoms with Crippen LogP contribution in [0, 0.1) is 6.92 Å². The van der Waals surface area contributed by atoms with E-state index < -0.39 is 0 Å². The van der Waals surface area contributed by atoms with Gasteiger partial charge in [0.25, 0.3) is 0 Å². The lowest BCUT2D eigenvalue weighted by Crippen LogP contribution is -2.33. The van der Waals surface area contributed by atoms with Gasteiger partial charge in [-0.05, 0) is 60.7 Å². The van der Waals surface area contributed by atoms with Crippen molar-refractivity contribution in [3.05, 3.63) is 87.8 Å². The summed E-state index contributed by atoms with van der Waals surface area (Å²) in [7, 11) is 3.17. The maximum atomic E-state index is 13.2. The van der Waals surface area contributed by atoms with Gasteiger partial charge in [-0.2, -0.15) is 0 Å². The molecule has 0 saturated carbocycles. The van der Waals surface area contributed by atoms with Crippen molar-refractivity contribution in [2.45, 2.75) is 26.3 Å². The van der Waals surface area contributed by atoms with Crippen LogP contribution in [0.15, 0.2) is 69.9 Å². The highest BCUT2D eigenvalue weighted by Crippen LogP contribution is 2.37. The molecule has 0 radical (unpaired) electrons. The Hall–Kier alpha value is -3.77. The van der Waals surface area contributed by atoms with Crippen molar-refractivity contribution in [1.29, 1.82) is 0 Å². The first-order valence-electron chi connectivity index (χ1n) is 11.8. The average Bonchev–Trinajstić information content (AvgIpc) is 2.89. The lowest BCUT2D eigenvalue weighted by molar-refractivity contribution is 0.0946. The lowest BCUT2D eigenvalue weighted by Gasteiger charge is -2.29. The summed E-state index contributed by atoms with van der Waals surface area (Å²) >= 11 is 0. The van der Waals surface area contributed by atoms with Crippen molar-refractivity contribution in [3.8, 4) is 28.4 Å². The molecule has 3 aromatic carbocycles. The zero-order chi connectivity index (χ0) is 24.4. The van der Waals surface area contributed by atoms with Crippen LogP contribution in [0.25, 0.3) is 22.1 Å². The Balaban J connectivity index is 1.45. The quantitative estimate of drug-likeness (QED) is 0.329. The van der Waals surface area contributed by atoms with Crippen LogP contribution in [-0.2, 0) is 13.0 Å². The molecule has 0 N–H and O–H groups in total. The zero-order valence-electron chi connectivity index (χ0n) is 20.3. The standard InChI is InChI=1S/C29H29NO5/c1-19-22-12-14-24-23(17-30(18-34-24)15-7-10-20-8-5-4-6-9-20)28(22)35-29(31)27(19)21-11-13-25(32-2)26(16-21)33-3/h4-6,8-9,11-14,16H,7,10,15,17-18H2,1-3H3. The second-order valence-corrected chi connectivity index (χ2v) is 8.79. The van der Waals surface area contributed by atoms with E-state index in [1.807, 2.05) is 31.2 Å². The van der Waals surface area contributed by atoms with Crippen molar-refractivity contribution in [2.75, 3.05) is 27.5 Å². The van der Waals surface area contributed by atoms with Crippen LogP contribution >= 0.6 is 0 Å². The predicted molar refractivity (Wildman–Crippen MR) is 136 cm³/mol. The molecule has 0 atom stereocenters. The van der Waals surface area contributed by atoms with Crippen LogP contribution in [0.2, 0.25) is 0 Å². The summed E-state index contributed by atoms with van der Waals surface area (Å²) in [6.07, 6.45) is 2.04. The Morgan fingerprint density at radius 1 is 0.971 bits per heavy atom. The molecule has 0 amide bonds. The van der Waals surface area contributed by atoms with Crippen molar-refractivity contribution in [3.63, 3.8) is 0 Å². The molecule has 35 heavy (non-hydrogen) atoms. The van der Waals surface area contributed by atoms with Gasteiger partial charge in [-0.1, -0.05) is 36.4 Å². The SMILES string of the molecule is COc1ccc(-c2c(C)c3ccc4c(c3oc2=O)CN(CCCc2ccccc2)CO4)cc1OC. The van der Waals surface area contributed by atoms with Crippen LogP contribution in [0.4, 0.5) is 0 Å². The highest BCUT2D eigenvalue weighted by molar-refractivity contribution is 5.90. The van der Waals surface area contributed by atoms with E-state index in [2.05, 4.69) is 29.2 Å². The summed E-state index contributed by atoms with van der Waals surface area (Å²) in [6.45, 7) is 4.07. The van der Waals surface area contributed by atoms with Gasteiger partial charge in [0.15, 0.2) is 11.5 Å². The molecule has 1 aliphatic heterocycles. The van der Waals surface area contributed by atoms with Gasteiger partial charge in [-0.25, -0.2) is 4.79 Å². The highest BCUT2D eigenvalue weighted by Gasteiger charge is 2.24. The summed E-state index contributed by atoms with van der Waals surface area (Å²) in [4.78, 5) is 15.5. The first-order chi connectivity index (χ1) is 17.1. The minimum atomic E-state index is -0.378. The van der Waals surface area contributed by atoms with Crippen LogP contribution in [0.5, 0.6) is 17.2 Å². The van der Waals surface area contributed by atoms with Gasteiger partial charge >= 0.3 is 5.63 Å². The van der Waals surface area contributed by atoms with Gasteiger partial charge in [0, 0.05) is 18.5 Å². The van der Waals surface area contributed by atoms with E-state index in [-0.39, 0.29) is 5.63 Å². The fourth-order valence-electron chi connectivity index (χ4n) is 4.79. The predicted octanol–water partition coefficient (Wildman–Crippen LogP) is 5.57. The molecule has 1 aromatic heterocycles. The van der Waals surface area contributed by atoms with Gasteiger partial charge in [0.1, 0.15) is 18.1 Å². The zero-order valence-corrected chi connectivity index (χ0v) is 20.3. The van der Waals surface area contributed by atoms with Crippen LogP contribution < -0.4 is 19.8 Å².